The Morgan fingerprint density at radius 2 is 2.09 bits per heavy atom. The van der Waals surface area contributed by atoms with E-state index in [1.54, 1.807) is 0 Å². The van der Waals surface area contributed by atoms with Crippen LogP contribution in [-0.2, 0) is 4.74 Å². The van der Waals surface area contributed by atoms with E-state index in [9.17, 15) is 36.3 Å². The van der Waals surface area contributed by atoms with Gasteiger partial charge in [-0.25, -0.2) is 27.9 Å². The van der Waals surface area contributed by atoms with E-state index in [0.717, 1.165) is 11.1 Å². The third kappa shape index (κ3) is 4.42. The second kappa shape index (κ2) is 8.11. The molecular formula is C18H16F5N7O4. The van der Waals surface area contributed by atoms with Crippen LogP contribution < -0.4 is 21.5 Å². The van der Waals surface area contributed by atoms with Gasteiger partial charge in [-0.1, -0.05) is 0 Å². The summed E-state index contributed by atoms with van der Waals surface area (Å²) in [6.45, 7) is -0.880. The number of ether oxygens (including phenoxy) is 1. The lowest BCUT2D eigenvalue weighted by Gasteiger charge is -2.21. The molecular weight excluding hydrogens is 473 g/mol. The smallest absolute Gasteiger partial charge is 0.408 e. The van der Waals surface area contributed by atoms with Crippen molar-refractivity contribution in [1.29, 1.82) is 0 Å². The molecule has 3 aromatic rings. The molecule has 4 rings (SSSR count). The molecule has 0 radical (unpaired) electrons. The lowest BCUT2D eigenvalue weighted by atomic mass is 10.2. The van der Waals surface area contributed by atoms with Crippen LogP contribution in [0.15, 0.2) is 34.2 Å². The number of nitrogens with one attached hydrogen (secondary N) is 3. The van der Waals surface area contributed by atoms with E-state index in [2.05, 4.69) is 19.8 Å². The number of carbonyl (C=O) groups is 1. The normalized spacial score (nSPS) is 18.8. The van der Waals surface area contributed by atoms with Crippen molar-refractivity contribution in [3.05, 3.63) is 45.5 Å². The van der Waals surface area contributed by atoms with Gasteiger partial charge in [0.1, 0.15) is 11.7 Å². The molecule has 0 aliphatic carbocycles. The van der Waals surface area contributed by atoms with E-state index in [4.69, 9.17) is 0 Å². The molecule has 0 saturated carbocycles. The van der Waals surface area contributed by atoms with Crippen molar-refractivity contribution >= 4 is 17.4 Å². The van der Waals surface area contributed by atoms with Gasteiger partial charge in [0.15, 0.2) is 11.8 Å². The molecule has 1 fully saturated rings. The Morgan fingerprint density at radius 3 is 2.76 bits per heavy atom. The van der Waals surface area contributed by atoms with Crippen molar-refractivity contribution in [1.82, 2.24) is 29.9 Å². The van der Waals surface area contributed by atoms with Crippen molar-refractivity contribution in [2.45, 2.75) is 31.2 Å². The molecule has 16 heteroatoms. The fraction of sp³-hybridized carbons (Fsp3) is 0.389. The summed E-state index contributed by atoms with van der Waals surface area (Å²) in [5, 5.41) is 5.66. The maximum Gasteiger partial charge on any atom is 0.408 e. The Hall–Kier alpha value is -3.98. The second-order valence-electron chi connectivity index (χ2n) is 7.54. The number of rotatable bonds is 4. The largest absolute Gasteiger partial charge is 0.438 e. The quantitative estimate of drug-likeness (QED) is 0.470. The third-order valence-electron chi connectivity index (χ3n) is 5.11. The number of halogens is 5. The molecule has 1 saturated heterocycles. The Balaban J connectivity index is 1.63. The van der Waals surface area contributed by atoms with Gasteiger partial charge < -0.3 is 19.9 Å². The molecule has 3 N–H and O–H groups in total. The van der Waals surface area contributed by atoms with Crippen LogP contribution in [-0.4, -0.2) is 68.0 Å². The first-order chi connectivity index (χ1) is 15.8. The fourth-order valence-electron chi connectivity index (χ4n) is 3.35. The van der Waals surface area contributed by atoms with Crippen molar-refractivity contribution in [3.63, 3.8) is 0 Å². The van der Waals surface area contributed by atoms with E-state index in [-0.39, 0.29) is 22.6 Å². The molecule has 34 heavy (non-hydrogen) atoms. The van der Waals surface area contributed by atoms with Crippen molar-refractivity contribution < 1.29 is 31.5 Å². The summed E-state index contributed by atoms with van der Waals surface area (Å²) in [6.07, 6.45) is -4.64. The number of H-pyrrole nitrogens is 2. The molecule has 0 unspecified atom stereocenters. The maximum atomic E-state index is 14.6. The van der Waals surface area contributed by atoms with E-state index < -0.39 is 54.7 Å². The van der Waals surface area contributed by atoms with Crippen molar-refractivity contribution in [2.24, 2.45) is 0 Å². The van der Waals surface area contributed by atoms with Gasteiger partial charge in [-0.2, -0.15) is 18.3 Å². The highest BCUT2D eigenvalue weighted by Crippen LogP contribution is 2.36. The van der Waals surface area contributed by atoms with Gasteiger partial charge >= 0.3 is 23.9 Å². The lowest BCUT2D eigenvalue weighted by molar-refractivity contribution is -0.151. The molecule has 2 atom stereocenters. The number of hydrogen-bond donors (Lipinski definition) is 3. The van der Waals surface area contributed by atoms with Gasteiger partial charge in [-0.15, -0.1) is 0 Å². The molecule has 182 valence electrons. The minimum Gasteiger partial charge on any atom is -0.438 e. The molecule has 3 aromatic heterocycles. The van der Waals surface area contributed by atoms with E-state index in [1.165, 1.54) is 28.3 Å². The first-order valence-electron chi connectivity index (χ1n) is 9.68. The monoisotopic (exact) mass is 489 g/mol. The van der Waals surface area contributed by atoms with Crippen molar-refractivity contribution in [3.8, 4) is 11.3 Å². The molecule has 1 amide bonds. The number of fused-ring (bicyclic) bond motifs is 1. The number of anilines is 1. The van der Waals surface area contributed by atoms with E-state index >= 15 is 0 Å². The molecule has 11 nitrogen and oxygen atoms in total. The van der Waals surface area contributed by atoms with Gasteiger partial charge in [-0.05, 0) is 13.0 Å². The van der Waals surface area contributed by atoms with Crippen LogP contribution >= 0.6 is 0 Å². The highest BCUT2D eigenvalue weighted by molar-refractivity contribution is 5.75. The van der Waals surface area contributed by atoms with Gasteiger partial charge in [-0.3, -0.25) is 9.78 Å². The number of nitrogens with zero attached hydrogens (tertiary/aromatic N) is 4. The van der Waals surface area contributed by atoms with Crippen LogP contribution in [0.4, 0.5) is 32.4 Å². The summed E-state index contributed by atoms with van der Waals surface area (Å²) in [5.41, 5.74) is -1.34. The van der Waals surface area contributed by atoms with E-state index in [0.29, 0.717) is 6.92 Å². The zero-order valence-corrected chi connectivity index (χ0v) is 17.2. The fourth-order valence-corrected chi connectivity index (χ4v) is 3.35. The highest BCUT2D eigenvalue weighted by Gasteiger charge is 2.52. The van der Waals surface area contributed by atoms with Gasteiger partial charge in [0, 0.05) is 18.6 Å². The minimum atomic E-state index is -4.78. The third-order valence-corrected chi connectivity index (χ3v) is 5.11. The number of aromatic nitrogens is 5. The highest BCUT2D eigenvalue weighted by atomic mass is 19.4. The molecule has 0 spiro atoms. The number of alkyl halides is 5. The Morgan fingerprint density at radius 1 is 1.35 bits per heavy atom. The van der Waals surface area contributed by atoms with Gasteiger partial charge in [0.25, 0.3) is 5.56 Å². The minimum absolute atomic E-state index is 0.0161. The number of aromatic amines is 2. The van der Waals surface area contributed by atoms with Gasteiger partial charge in [0.2, 0.25) is 0 Å². The molecule has 4 heterocycles. The summed E-state index contributed by atoms with van der Waals surface area (Å²) in [5.74, 6) is -3.61. The summed E-state index contributed by atoms with van der Waals surface area (Å²) in [7, 11) is 0. The maximum absolute atomic E-state index is 14.6. The van der Waals surface area contributed by atoms with Crippen LogP contribution in [0.25, 0.3) is 16.9 Å². The Labute approximate surface area is 185 Å². The van der Waals surface area contributed by atoms with Gasteiger partial charge in [0.05, 0.1) is 24.3 Å². The summed E-state index contributed by atoms with van der Waals surface area (Å²) in [4.78, 5) is 44.7. The molecule has 1 aliphatic rings. The standard InChI is InChI=1S/C18H16F5N7O4/c1-8(18(21,22)23)26-16(33)34-12-6-29(7-17(12,19)20)11-4-10(28-30-3-2-24-13(11)30)9-5-25-15(32)27-14(9)31/h2-5,8,12H,6-7H2,1H3,(H,26,33)(H2,25,27,31,32)/t8-,12-/m0/s1. The predicted octanol–water partition coefficient (Wildman–Crippen LogP) is 1.27. The number of carbonyl (C=O) groups excluding carboxylic acids is 1. The predicted molar refractivity (Wildman–Crippen MR) is 106 cm³/mol. The number of hydrogen-bond acceptors (Lipinski definition) is 7. The Kier molecular flexibility index (Phi) is 5.53. The SMILES string of the molecule is C[C@H](NC(=O)O[C@H]1CN(c2cc(-c3c[nH]c(=O)[nH]c3=O)nn3ccnc23)CC1(F)F)C(F)(F)F. The van der Waals surface area contributed by atoms with Crippen LogP contribution in [0.2, 0.25) is 0 Å². The summed E-state index contributed by atoms with van der Waals surface area (Å²) < 4.78 is 72.9. The first-order valence-corrected chi connectivity index (χ1v) is 9.68. The average Bonchev–Trinajstić information content (AvgIpc) is 3.30. The zero-order valence-electron chi connectivity index (χ0n) is 17.2. The number of imidazole rings is 1. The van der Waals surface area contributed by atoms with Crippen molar-refractivity contribution in [2.75, 3.05) is 18.0 Å². The summed E-state index contributed by atoms with van der Waals surface area (Å²) >= 11 is 0. The van der Waals surface area contributed by atoms with E-state index in [1.807, 2.05) is 4.98 Å². The first kappa shape index (κ1) is 23.2. The summed E-state index contributed by atoms with van der Waals surface area (Å²) in [6, 6.07) is -1.01. The lowest BCUT2D eigenvalue weighted by Crippen LogP contribution is -2.46. The van der Waals surface area contributed by atoms with Crippen LogP contribution in [0.3, 0.4) is 0 Å². The number of amides is 1. The van der Waals surface area contributed by atoms with Crippen LogP contribution in [0, 0.1) is 0 Å². The zero-order chi connectivity index (χ0) is 24.8. The molecule has 0 bridgehead atoms. The second-order valence-corrected chi connectivity index (χ2v) is 7.54. The molecule has 0 aromatic carbocycles. The Bertz CT molecular complexity index is 1350. The van der Waals surface area contributed by atoms with Crippen LogP contribution in [0.1, 0.15) is 6.92 Å². The average molecular weight is 489 g/mol. The molecule has 1 aliphatic heterocycles. The van der Waals surface area contributed by atoms with Crippen LogP contribution in [0.5, 0.6) is 0 Å². The topological polar surface area (TPSA) is 137 Å². The number of alkyl carbamates (subject to hydrolysis) is 1.